The van der Waals surface area contributed by atoms with Gasteiger partial charge < -0.3 is 4.74 Å². The minimum absolute atomic E-state index is 0.105. The van der Waals surface area contributed by atoms with Crippen molar-refractivity contribution in [3.63, 3.8) is 0 Å². The van der Waals surface area contributed by atoms with E-state index in [1.807, 2.05) is 60.7 Å². The van der Waals surface area contributed by atoms with E-state index in [4.69, 9.17) is 4.74 Å². The Hall–Kier alpha value is -4.13. The fraction of sp³-hybridized carbons (Fsp3) is 0.0870. The van der Waals surface area contributed by atoms with Crippen molar-refractivity contribution < 1.29 is 9.66 Å². The molecule has 0 spiro atoms. The molecule has 4 aromatic rings. The minimum atomic E-state index is -0.489. The topological polar surface area (TPSA) is 90.2 Å². The van der Waals surface area contributed by atoms with Crippen LogP contribution in [0.5, 0.6) is 5.75 Å². The molecule has 1 aromatic heterocycles. The summed E-state index contributed by atoms with van der Waals surface area (Å²) in [6.07, 6.45) is 0. The van der Waals surface area contributed by atoms with Crippen LogP contribution in [0.3, 0.4) is 0 Å². The summed E-state index contributed by atoms with van der Waals surface area (Å²) in [6, 6.07) is 25.3. The third kappa shape index (κ3) is 3.86. The number of aromatic nitrogens is 2. The first kappa shape index (κ1) is 19.2. The molecule has 7 nitrogen and oxygen atoms in total. The number of nitro groups is 1. The monoisotopic (exact) mass is 401 g/mol. The van der Waals surface area contributed by atoms with Crippen molar-refractivity contribution in [2.24, 2.45) is 0 Å². The lowest BCUT2D eigenvalue weighted by atomic mass is 10.0. The molecule has 30 heavy (non-hydrogen) atoms. The van der Waals surface area contributed by atoms with E-state index in [2.05, 4.69) is 5.10 Å². The molecule has 0 aliphatic rings. The first-order valence-electron chi connectivity index (χ1n) is 9.45. The van der Waals surface area contributed by atoms with Gasteiger partial charge in [-0.3, -0.25) is 20.0 Å². The van der Waals surface area contributed by atoms with Crippen molar-refractivity contribution in [1.82, 2.24) is 9.78 Å². The van der Waals surface area contributed by atoms with Gasteiger partial charge in [0.25, 0.3) is 5.56 Å². The lowest BCUT2D eigenvalue weighted by molar-refractivity contribution is -0.385. The van der Waals surface area contributed by atoms with Crippen LogP contribution < -0.4 is 10.3 Å². The van der Waals surface area contributed by atoms with Crippen molar-refractivity contribution >= 4 is 5.69 Å². The fourth-order valence-corrected chi connectivity index (χ4v) is 3.30. The molecule has 7 heteroatoms. The molecule has 0 fully saturated rings. The quantitative estimate of drug-likeness (QED) is 0.365. The lowest BCUT2D eigenvalue weighted by Gasteiger charge is -2.07. The van der Waals surface area contributed by atoms with Crippen LogP contribution in [0.15, 0.2) is 89.7 Å². The van der Waals surface area contributed by atoms with E-state index in [-0.39, 0.29) is 30.1 Å². The zero-order chi connectivity index (χ0) is 20.9. The number of hydrogen-bond donors (Lipinski definition) is 1. The van der Waals surface area contributed by atoms with Crippen LogP contribution in [0, 0.1) is 10.1 Å². The zero-order valence-corrected chi connectivity index (χ0v) is 16.0. The second-order valence-corrected chi connectivity index (χ2v) is 6.62. The zero-order valence-electron chi connectivity index (χ0n) is 16.0. The average Bonchev–Trinajstić information content (AvgIpc) is 3.11. The highest BCUT2D eigenvalue weighted by atomic mass is 16.6. The predicted octanol–water partition coefficient (Wildman–Crippen LogP) is 4.50. The molecule has 0 aliphatic carbocycles. The Balaban J connectivity index is 1.64. The second-order valence-electron chi connectivity index (χ2n) is 6.62. The number of aromatic amines is 1. The molecule has 0 atom stereocenters. The van der Waals surface area contributed by atoms with Gasteiger partial charge in [-0.2, -0.15) is 0 Å². The maximum atomic E-state index is 13.1. The van der Waals surface area contributed by atoms with Crippen LogP contribution in [0.2, 0.25) is 0 Å². The molecule has 0 saturated heterocycles. The van der Waals surface area contributed by atoms with E-state index in [1.165, 1.54) is 10.7 Å². The third-order valence-electron chi connectivity index (χ3n) is 4.72. The highest BCUT2D eigenvalue weighted by Gasteiger charge is 2.18. The molecule has 4 rings (SSSR count). The van der Waals surface area contributed by atoms with Crippen molar-refractivity contribution in [3.8, 4) is 28.1 Å². The lowest BCUT2D eigenvalue weighted by Crippen LogP contribution is -2.21. The third-order valence-corrected chi connectivity index (χ3v) is 4.72. The number of nitro benzene ring substituents is 1. The molecule has 150 valence electrons. The van der Waals surface area contributed by atoms with Gasteiger partial charge in [0.1, 0.15) is 6.61 Å². The molecule has 0 amide bonds. The van der Waals surface area contributed by atoms with Crippen molar-refractivity contribution in [2.75, 3.05) is 6.61 Å². The molecule has 0 saturated carbocycles. The van der Waals surface area contributed by atoms with Gasteiger partial charge in [0.2, 0.25) is 0 Å². The summed E-state index contributed by atoms with van der Waals surface area (Å²) in [5.74, 6) is 0.175. The largest absolute Gasteiger partial charge is 0.485 e. The Morgan fingerprint density at radius 2 is 1.47 bits per heavy atom. The number of nitrogens with zero attached hydrogens (tertiary/aromatic N) is 2. The summed E-state index contributed by atoms with van der Waals surface area (Å²) in [6.45, 7) is 0.325. The Labute approximate surface area is 172 Å². The number of rotatable bonds is 7. The maximum absolute atomic E-state index is 13.1. The Bertz CT molecular complexity index is 1210. The van der Waals surface area contributed by atoms with Gasteiger partial charge >= 0.3 is 5.69 Å². The van der Waals surface area contributed by atoms with E-state index in [0.29, 0.717) is 5.56 Å². The predicted molar refractivity (Wildman–Crippen MR) is 115 cm³/mol. The van der Waals surface area contributed by atoms with Gasteiger partial charge in [-0.1, -0.05) is 72.8 Å². The number of benzene rings is 3. The van der Waals surface area contributed by atoms with Crippen LogP contribution in [-0.4, -0.2) is 21.3 Å². The van der Waals surface area contributed by atoms with Crippen LogP contribution in [0.4, 0.5) is 5.69 Å². The van der Waals surface area contributed by atoms with Gasteiger partial charge in [-0.25, -0.2) is 4.68 Å². The highest BCUT2D eigenvalue weighted by molar-refractivity contribution is 5.80. The molecule has 0 bridgehead atoms. The second kappa shape index (κ2) is 8.48. The van der Waals surface area contributed by atoms with Crippen LogP contribution in [0.1, 0.15) is 0 Å². The molecule has 1 N–H and O–H groups in total. The summed E-state index contributed by atoms with van der Waals surface area (Å²) >= 11 is 0. The molecule has 0 aliphatic heterocycles. The van der Waals surface area contributed by atoms with E-state index >= 15 is 0 Å². The van der Waals surface area contributed by atoms with E-state index in [1.54, 1.807) is 18.2 Å². The van der Waals surface area contributed by atoms with Gasteiger partial charge in [0, 0.05) is 11.6 Å². The van der Waals surface area contributed by atoms with Gasteiger partial charge in [0.05, 0.1) is 22.7 Å². The number of hydrogen-bond acceptors (Lipinski definition) is 4. The number of nitrogens with one attached hydrogen (secondary N) is 1. The summed E-state index contributed by atoms with van der Waals surface area (Å²) in [7, 11) is 0. The van der Waals surface area contributed by atoms with E-state index < -0.39 is 4.92 Å². The number of ether oxygens (including phenoxy) is 1. The minimum Gasteiger partial charge on any atom is -0.485 e. The normalized spacial score (nSPS) is 10.7. The first-order chi connectivity index (χ1) is 14.6. The van der Waals surface area contributed by atoms with Crippen LogP contribution in [0.25, 0.3) is 22.4 Å². The van der Waals surface area contributed by atoms with Gasteiger partial charge in [-0.15, -0.1) is 0 Å². The molecule has 0 radical (unpaired) electrons. The van der Waals surface area contributed by atoms with Crippen molar-refractivity contribution in [2.45, 2.75) is 6.54 Å². The summed E-state index contributed by atoms with van der Waals surface area (Å²) < 4.78 is 7.07. The molecule has 0 unspecified atom stereocenters. The summed E-state index contributed by atoms with van der Waals surface area (Å²) in [5.41, 5.74) is 2.73. The van der Waals surface area contributed by atoms with Gasteiger partial charge in [0.15, 0.2) is 5.75 Å². The van der Waals surface area contributed by atoms with Crippen LogP contribution in [-0.2, 0) is 6.54 Å². The van der Waals surface area contributed by atoms with E-state index in [9.17, 15) is 14.9 Å². The maximum Gasteiger partial charge on any atom is 0.310 e. The molecule has 3 aromatic carbocycles. The SMILES string of the molecule is O=c1c(-c2ccccc2)c(-c2ccccc2)[nH]n1CCOc1ccccc1[N+](=O)[O-]. The molecular formula is C23H19N3O4. The number of para-hydroxylation sites is 2. The molecule has 1 heterocycles. The smallest absolute Gasteiger partial charge is 0.310 e. The van der Waals surface area contributed by atoms with Crippen molar-refractivity contribution in [1.29, 1.82) is 0 Å². The first-order valence-corrected chi connectivity index (χ1v) is 9.45. The Kier molecular flexibility index (Phi) is 5.43. The van der Waals surface area contributed by atoms with Crippen molar-refractivity contribution in [3.05, 3.63) is 105 Å². The number of H-pyrrole nitrogens is 1. The summed E-state index contributed by atoms with van der Waals surface area (Å²) in [4.78, 5) is 23.8. The Morgan fingerprint density at radius 3 is 2.13 bits per heavy atom. The standard InChI is InChI=1S/C23H19N3O4/c27-23-21(17-9-3-1-4-10-17)22(18-11-5-2-6-12-18)24-25(23)15-16-30-20-14-8-7-13-19(20)26(28)29/h1-14,24H,15-16H2. The van der Waals surface area contributed by atoms with Gasteiger partial charge in [-0.05, 0) is 11.6 Å². The fourth-order valence-electron chi connectivity index (χ4n) is 3.30. The van der Waals surface area contributed by atoms with E-state index in [0.717, 1.165) is 16.8 Å². The Morgan fingerprint density at radius 1 is 0.867 bits per heavy atom. The average molecular weight is 401 g/mol. The highest BCUT2D eigenvalue weighted by Crippen LogP contribution is 2.28. The molecular weight excluding hydrogens is 382 g/mol. The van der Waals surface area contributed by atoms with Crippen LogP contribution >= 0.6 is 0 Å². The summed E-state index contributed by atoms with van der Waals surface area (Å²) in [5, 5.41) is 14.3.